The van der Waals surface area contributed by atoms with Gasteiger partial charge in [0, 0.05) is 30.7 Å². The van der Waals surface area contributed by atoms with E-state index in [0.29, 0.717) is 31.1 Å². The summed E-state index contributed by atoms with van der Waals surface area (Å²) in [5.41, 5.74) is 8.72. The lowest BCUT2D eigenvalue weighted by Crippen LogP contribution is -2.39. The molecule has 0 aliphatic carbocycles. The molecule has 20 heavy (non-hydrogen) atoms. The number of hydrogen-bond acceptors (Lipinski definition) is 5. The Bertz CT molecular complexity index is 424. The van der Waals surface area contributed by atoms with Gasteiger partial charge in [-0.1, -0.05) is 0 Å². The third kappa shape index (κ3) is 4.15. The second-order valence-corrected chi connectivity index (χ2v) is 5.67. The maximum atomic E-state index is 5.80. The molecule has 114 valence electrons. The zero-order valence-electron chi connectivity index (χ0n) is 13.6. The fraction of sp³-hybridized carbons (Fsp3) is 0.733. The first-order valence-corrected chi connectivity index (χ1v) is 7.29. The molecule has 1 aromatic heterocycles. The van der Waals surface area contributed by atoms with Crippen LogP contribution in [-0.4, -0.2) is 40.3 Å². The summed E-state index contributed by atoms with van der Waals surface area (Å²) < 4.78 is 5.80. The fourth-order valence-corrected chi connectivity index (χ4v) is 2.35. The van der Waals surface area contributed by atoms with Gasteiger partial charge in [-0.05, 0) is 47.1 Å². The smallest absolute Gasteiger partial charge is 0.238 e. The van der Waals surface area contributed by atoms with Gasteiger partial charge in [0.2, 0.25) is 5.88 Å². The van der Waals surface area contributed by atoms with Crippen molar-refractivity contribution in [1.82, 2.24) is 15.1 Å². The Morgan fingerprint density at radius 3 is 2.20 bits per heavy atom. The third-order valence-corrected chi connectivity index (χ3v) is 3.66. The minimum absolute atomic E-state index is 0.426. The van der Waals surface area contributed by atoms with Crippen LogP contribution in [0.25, 0.3) is 0 Å². The molecular formula is C15H28N4O. The van der Waals surface area contributed by atoms with Gasteiger partial charge < -0.3 is 10.5 Å². The van der Waals surface area contributed by atoms with E-state index in [-0.39, 0.29) is 0 Å². The fourth-order valence-electron chi connectivity index (χ4n) is 2.35. The van der Waals surface area contributed by atoms with E-state index in [9.17, 15) is 0 Å². The molecule has 0 aliphatic heterocycles. The van der Waals surface area contributed by atoms with Crippen LogP contribution in [0.4, 0.5) is 0 Å². The van der Waals surface area contributed by atoms with E-state index in [1.54, 1.807) is 0 Å². The first kappa shape index (κ1) is 16.9. The van der Waals surface area contributed by atoms with Gasteiger partial charge in [-0.2, -0.15) is 5.10 Å². The average Bonchev–Trinajstić information content (AvgIpc) is 2.37. The number of aromatic nitrogens is 2. The Morgan fingerprint density at radius 2 is 1.70 bits per heavy atom. The number of nitrogens with zero attached hydrogens (tertiary/aromatic N) is 3. The van der Waals surface area contributed by atoms with Crippen LogP contribution in [0.5, 0.6) is 5.88 Å². The van der Waals surface area contributed by atoms with E-state index < -0.39 is 0 Å². The van der Waals surface area contributed by atoms with Gasteiger partial charge in [-0.15, -0.1) is 5.10 Å². The molecule has 5 nitrogen and oxygen atoms in total. The van der Waals surface area contributed by atoms with Gasteiger partial charge in [0.25, 0.3) is 0 Å². The van der Waals surface area contributed by atoms with Gasteiger partial charge in [0.15, 0.2) is 0 Å². The largest absolute Gasteiger partial charge is 0.475 e. The van der Waals surface area contributed by atoms with Gasteiger partial charge >= 0.3 is 0 Å². The maximum absolute atomic E-state index is 5.80. The predicted octanol–water partition coefficient (Wildman–Crippen LogP) is 2.05. The molecule has 0 atom stereocenters. The number of hydrogen-bond donors (Lipinski definition) is 1. The van der Waals surface area contributed by atoms with Crippen molar-refractivity contribution in [3.05, 3.63) is 16.8 Å². The lowest BCUT2D eigenvalue weighted by Gasteiger charge is -2.30. The van der Waals surface area contributed by atoms with E-state index in [4.69, 9.17) is 10.5 Å². The lowest BCUT2D eigenvalue weighted by molar-refractivity contribution is 0.139. The average molecular weight is 280 g/mol. The summed E-state index contributed by atoms with van der Waals surface area (Å²) >= 11 is 0. The third-order valence-electron chi connectivity index (χ3n) is 3.66. The SMILES string of the molecule is Cc1nnc(OCCN(C(C)C)C(C)C)c(CN)c1C. The van der Waals surface area contributed by atoms with Crippen molar-refractivity contribution >= 4 is 0 Å². The summed E-state index contributed by atoms with van der Waals surface area (Å²) in [4.78, 5) is 2.39. The molecule has 1 heterocycles. The second-order valence-electron chi connectivity index (χ2n) is 5.67. The molecular weight excluding hydrogens is 252 g/mol. The highest BCUT2D eigenvalue weighted by Crippen LogP contribution is 2.19. The molecule has 5 heteroatoms. The van der Waals surface area contributed by atoms with Crippen LogP contribution in [0.15, 0.2) is 0 Å². The first-order valence-electron chi connectivity index (χ1n) is 7.29. The van der Waals surface area contributed by atoms with Crippen molar-refractivity contribution in [1.29, 1.82) is 0 Å². The van der Waals surface area contributed by atoms with Crippen LogP contribution < -0.4 is 10.5 Å². The van der Waals surface area contributed by atoms with Crippen LogP contribution in [0.2, 0.25) is 0 Å². The van der Waals surface area contributed by atoms with E-state index in [2.05, 4.69) is 42.8 Å². The van der Waals surface area contributed by atoms with Crippen LogP contribution in [-0.2, 0) is 6.54 Å². The highest BCUT2D eigenvalue weighted by atomic mass is 16.5. The summed E-state index contributed by atoms with van der Waals surface area (Å²) in [7, 11) is 0. The van der Waals surface area contributed by atoms with E-state index in [0.717, 1.165) is 23.4 Å². The zero-order valence-corrected chi connectivity index (χ0v) is 13.6. The van der Waals surface area contributed by atoms with Crippen molar-refractivity contribution in [3.63, 3.8) is 0 Å². The van der Waals surface area contributed by atoms with E-state index in [1.165, 1.54) is 0 Å². The van der Waals surface area contributed by atoms with Crippen molar-refractivity contribution in [3.8, 4) is 5.88 Å². The Morgan fingerprint density at radius 1 is 1.10 bits per heavy atom. The van der Waals surface area contributed by atoms with Crippen molar-refractivity contribution in [2.75, 3.05) is 13.2 Å². The van der Waals surface area contributed by atoms with E-state index >= 15 is 0 Å². The summed E-state index contributed by atoms with van der Waals surface area (Å²) in [6.45, 7) is 14.6. The van der Waals surface area contributed by atoms with Gasteiger partial charge in [-0.3, -0.25) is 4.90 Å². The van der Waals surface area contributed by atoms with Crippen molar-refractivity contribution < 1.29 is 4.74 Å². The minimum Gasteiger partial charge on any atom is -0.475 e. The Hall–Kier alpha value is -1.20. The van der Waals surface area contributed by atoms with Crippen LogP contribution in [0.1, 0.15) is 44.5 Å². The molecule has 0 radical (unpaired) electrons. The molecule has 0 aromatic carbocycles. The number of aryl methyl sites for hydroxylation is 1. The first-order chi connectivity index (χ1) is 9.38. The molecule has 0 saturated carbocycles. The van der Waals surface area contributed by atoms with E-state index in [1.807, 2.05) is 13.8 Å². The second kappa shape index (κ2) is 7.55. The zero-order chi connectivity index (χ0) is 15.3. The van der Waals surface area contributed by atoms with Crippen molar-refractivity contribution in [2.45, 2.75) is 60.2 Å². The van der Waals surface area contributed by atoms with Crippen LogP contribution in [0.3, 0.4) is 0 Å². The summed E-state index contributed by atoms with van der Waals surface area (Å²) in [6, 6.07) is 0.997. The molecule has 0 amide bonds. The standard InChI is InChI=1S/C15H28N4O/c1-10(2)19(11(3)4)7-8-20-15-14(9-16)12(5)13(6)17-18-15/h10-11H,7-9,16H2,1-6H3. The number of nitrogens with two attached hydrogens (primary N) is 1. The normalized spacial score (nSPS) is 11.7. The Balaban J connectivity index is 2.69. The van der Waals surface area contributed by atoms with Gasteiger partial charge in [-0.25, -0.2) is 0 Å². The maximum Gasteiger partial charge on any atom is 0.238 e. The minimum atomic E-state index is 0.426. The number of ether oxygens (including phenoxy) is 1. The predicted molar refractivity (Wildman–Crippen MR) is 81.9 cm³/mol. The summed E-state index contributed by atoms with van der Waals surface area (Å²) in [6.07, 6.45) is 0. The van der Waals surface area contributed by atoms with Gasteiger partial charge in [0.05, 0.1) is 5.69 Å². The quantitative estimate of drug-likeness (QED) is 0.828. The summed E-state index contributed by atoms with van der Waals surface area (Å²) in [5, 5.41) is 8.24. The monoisotopic (exact) mass is 280 g/mol. The molecule has 0 spiro atoms. The Kier molecular flexibility index (Phi) is 6.36. The molecule has 2 N–H and O–H groups in total. The summed E-state index contributed by atoms with van der Waals surface area (Å²) in [5.74, 6) is 0.572. The molecule has 0 fully saturated rings. The van der Waals surface area contributed by atoms with Crippen LogP contribution in [0, 0.1) is 13.8 Å². The molecule has 0 bridgehead atoms. The highest BCUT2D eigenvalue weighted by Gasteiger charge is 2.15. The highest BCUT2D eigenvalue weighted by molar-refractivity contribution is 5.34. The van der Waals surface area contributed by atoms with Gasteiger partial charge in [0.1, 0.15) is 6.61 Å². The Labute approximate surface area is 122 Å². The van der Waals surface area contributed by atoms with Crippen molar-refractivity contribution in [2.24, 2.45) is 5.73 Å². The lowest BCUT2D eigenvalue weighted by atomic mass is 10.1. The molecule has 1 rings (SSSR count). The molecule has 1 aromatic rings. The molecule has 0 unspecified atom stereocenters. The molecule has 0 saturated heterocycles. The van der Waals surface area contributed by atoms with Crippen LogP contribution >= 0.6 is 0 Å². The topological polar surface area (TPSA) is 64.3 Å². The number of rotatable bonds is 7. The molecule has 0 aliphatic rings.